The van der Waals surface area contributed by atoms with E-state index >= 15 is 0 Å². The fourth-order valence-corrected chi connectivity index (χ4v) is 6.09. The van der Waals surface area contributed by atoms with Crippen LogP contribution in [0.1, 0.15) is 56.2 Å². The Morgan fingerprint density at radius 1 is 0.707 bits per heavy atom. The molecule has 0 unspecified atom stereocenters. The van der Waals surface area contributed by atoms with Crippen molar-refractivity contribution in [3.8, 4) is 28.2 Å². The number of imidazole rings is 1. The standard InChI is InChI=1S/C37H33N3O/c1-22(2)29-20-26(25-12-7-6-8-13-25)21-30(23(3)4)34(29)40-32-16-10-9-15-31(32)39-36(40)33-24(5)17-18-27-28-14-11-19-38-37(28)41-35(27)33/h6-23H,1-5H3. The van der Waals surface area contributed by atoms with E-state index in [-0.39, 0.29) is 0 Å². The number of pyridine rings is 1. The molecular weight excluding hydrogens is 502 g/mol. The number of furan rings is 1. The Labute approximate surface area is 240 Å². The normalized spacial score (nSPS) is 12.0. The van der Waals surface area contributed by atoms with Crippen molar-refractivity contribution >= 4 is 33.1 Å². The summed E-state index contributed by atoms with van der Waals surface area (Å²) in [5.74, 6) is 1.49. The van der Waals surface area contributed by atoms with Crippen LogP contribution in [0.15, 0.2) is 102 Å². The molecule has 0 spiro atoms. The zero-order chi connectivity index (χ0) is 28.2. The van der Waals surface area contributed by atoms with Crippen molar-refractivity contribution < 1.29 is 4.42 Å². The lowest BCUT2D eigenvalue weighted by molar-refractivity contribution is 0.654. The number of hydrogen-bond acceptors (Lipinski definition) is 3. The number of benzene rings is 4. The van der Waals surface area contributed by atoms with Gasteiger partial charge in [-0.25, -0.2) is 9.97 Å². The van der Waals surface area contributed by atoms with Gasteiger partial charge < -0.3 is 4.42 Å². The van der Waals surface area contributed by atoms with E-state index in [0.29, 0.717) is 17.5 Å². The highest BCUT2D eigenvalue weighted by molar-refractivity contribution is 6.09. The first kappa shape index (κ1) is 25.3. The molecule has 0 fully saturated rings. The summed E-state index contributed by atoms with van der Waals surface area (Å²) in [5.41, 5.74) is 11.9. The van der Waals surface area contributed by atoms with Crippen LogP contribution in [0, 0.1) is 6.92 Å². The van der Waals surface area contributed by atoms with Crippen molar-refractivity contribution in [3.05, 3.63) is 114 Å². The second kappa shape index (κ2) is 9.74. The largest absolute Gasteiger partial charge is 0.437 e. The Morgan fingerprint density at radius 3 is 2.15 bits per heavy atom. The van der Waals surface area contributed by atoms with Gasteiger partial charge in [0, 0.05) is 17.0 Å². The van der Waals surface area contributed by atoms with Gasteiger partial charge in [0.2, 0.25) is 5.71 Å². The highest BCUT2D eigenvalue weighted by Gasteiger charge is 2.26. The van der Waals surface area contributed by atoms with Crippen LogP contribution in [-0.2, 0) is 0 Å². The minimum Gasteiger partial charge on any atom is -0.437 e. The fraction of sp³-hybridized carbons (Fsp3) is 0.189. The number of rotatable bonds is 5. The number of aromatic nitrogens is 3. The quantitative estimate of drug-likeness (QED) is 0.220. The van der Waals surface area contributed by atoms with E-state index in [2.05, 4.69) is 129 Å². The van der Waals surface area contributed by atoms with Gasteiger partial charge in [0.05, 0.1) is 22.3 Å². The van der Waals surface area contributed by atoms with Crippen LogP contribution in [0.25, 0.3) is 61.3 Å². The second-order valence-corrected chi connectivity index (χ2v) is 11.5. The minimum atomic E-state index is 0.299. The molecule has 4 aromatic carbocycles. The molecular formula is C37H33N3O. The van der Waals surface area contributed by atoms with Crippen molar-refractivity contribution in [2.24, 2.45) is 0 Å². The maximum Gasteiger partial charge on any atom is 0.227 e. The molecule has 202 valence electrons. The Hall–Kier alpha value is -4.70. The summed E-state index contributed by atoms with van der Waals surface area (Å²) in [4.78, 5) is 9.83. The molecule has 41 heavy (non-hydrogen) atoms. The average molecular weight is 536 g/mol. The van der Waals surface area contributed by atoms with Crippen molar-refractivity contribution in [1.82, 2.24) is 14.5 Å². The smallest absolute Gasteiger partial charge is 0.227 e. The molecule has 3 heterocycles. The maximum absolute atomic E-state index is 6.47. The summed E-state index contributed by atoms with van der Waals surface area (Å²) >= 11 is 0. The van der Waals surface area contributed by atoms with Crippen LogP contribution >= 0.6 is 0 Å². The zero-order valence-corrected chi connectivity index (χ0v) is 24.1. The van der Waals surface area contributed by atoms with E-state index in [1.807, 2.05) is 6.07 Å². The van der Waals surface area contributed by atoms with Gasteiger partial charge in [-0.05, 0) is 83.0 Å². The van der Waals surface area contributed by atoms with Crippen molar-refractivity contribution in [1.29, 1.82) is 0 Å². The third kappa shape index (κ3) is 4.05. The number of para-hydroxylation sites is 2. The molecule has 4 nitrogen and oxygen atoms in total. The molecule has 0 aliphatic rings. The summed E-state index contributed by atoms with van der Waals surface area (Å²) in [7, 11) is 0. The average Bonchev–Trinajstić information content (AvgIpc) is 3.55. The highest BCUT2D eigenvalue weighted by Crippen LogP contribution is 2.43. The highest BCUT2D eigenvalue weighted by atomic mass is 16.3. The van der Waals surface area contributed by atoms with Crippen LogP contribution in [0.5, 0.6) is 0 Å². The third-order valence-corrected chi connectivity index (χ3v) is 8.15. The van der Waals surface area contributed by atoms with Crippen LogP contribution in [-0.4, -0.2) is 14.5 Å². The monoisotopic (exact) mass is 535 g/mol. The van der Waals surface area contributed by atoms with Gasteiger partial charge in [-0.15, -0.1) is 0 Å². The molecule has 7 aromatic rings. The van der Waals surface area contributed by atoms with E-state index in [4.69, 9.17) is 9.40 Å². The zero-order valence-electron chi connectivity index (χ0n) is 24.1. The molecule has 0 aliphatic heterocycles. The van der Waals surface area contributed by atoms with Crippen LogP contribution in [0.2, 0.25) is 0 Å². The molecule has 3 aromatic heterocycles. The Balaban J connectivity index is 1.62. The SMILES string of the molecule is Cc1ccc2c(oc3ncccc32)c1-c1nc2ccccc2n1-c1c(C(C)C)cc(-c2ccccc2)cc1C(C)C. The number of hydrogen-bond donors (Lipinski definition) is 0. The van der Waals surface area contributed by atoms with Gasteiger partial charge in [0.15, 0.2) is 0 Å². The minimum absolute atomic E-state index is 0.299. The molecule has 0 bridgehead atoms. The molecule has 0 aliphatic carbocycles. The first-order chi connectivity index (χ1) is 19.9. The fourth-order valence-electron chi connectivity index (χ4n) is 6.09. The van der Waals surface area contributed by atoms with E-state index in [9.17, 15) is 0 Å². The van der Waals surface area contributed by atoms with Gasteiger partial charge >= 0.3 is 0 Å². The lowest BCUT2D eigenvalue weighted by Gasteiger charge is -2.24. The summed E-state index contributed by atoms with van der Waals surface area (Å²) in [6.07, 6.45) is 1.78. The lowest BCUT2D eigenvalue weighted by Crippen LogP contribution is -2.09. The predicted octanol–water partition coefficient (Wildman–Crippen LogP) is 10.2. The van der Waals surface area contributed by atoms with E-state index in [0.717, 1.165) is 44.3 Å². The van der Waals surface area contributed by atoms with Crippen LogP contribution in [0.3, 0.4) is 0 Å². The van der Waals surface area contributed by atoms with Crippen molar-refractivity contribution in [2.45, 2.75) is 46.5 Å². The molecule has 7 rings (SSSR count). The summed E-state index contributed by atoms with van der Waals surface area (Å²) in [6, 6.07) is 32.2. The van der Waals surface area contributed by atoms with E-state index in [1.54, 1.807) is 6.20 Å². The van der Waals surface area contributed by atoms with Crippen molar-refractivity contribution in [2.75, 3.05) is 0 Å². The number of nitrogens with zero attached hydrogens (tertiary/aromatic N) is 3. The molecule has 0 atom stereocenters. The van der Waals surface area contributed by atoms with Crippen molar-refractivity contribution in [3.63, 3.8) is 0 Å². The van der Waals surface area contributed by atoms with E-state index < -0.39 is 0 Å². The lowest BCUT2D eigenvalue weighted by atomic mass is 9.88. The van der Waals surface area contributed by atoms with Gasteiger partial charge in [0.25, 0.3) is 0 Å². The predicted molar refractivity (Wildman–Crippen MR) is 170 cm³/mol. The third-order valence-electron chi connectivity index (χ3n) is 8.15. The first-order valence-electron chi connectivity index (χ1n) is 14.4. The summed E-state index contributed by atoms with van der Waals surface area (Å²) in [5, 5.41) is 2.07. The Morgan fingerprint density at radius 2 is 1.41 bits per heavy atom. The molecule has 0 N–H and O–H groups in total. The van der Waals surface area contributed by atoms with Gasteiger partial charge in [-0.3, -0.25) is 4.57 Å². The molecule has 0 amide bonds. The summed E-state index contributed by atoms with van der Waals surface area (Å²) < 4.78 is 8.86. The van der Waals surface area contributed by atoms with Gasteiger partial charge in [-0.2, -0.15) is 0 Å². The Kier molecular flexibility index (Phi) is 6.01. The van der Waals surface area contributed by atoms with E-state index in [1.165, 1.54) is 27.9 Å². The first-order valence-corrected chi connectivity index (χ1v) is 14.4. The second-order valence-electron chi connectivity index (χ2n) is 11.5. The molecule has 0 saturated carbocycles. The van der Waals surface area contributed by atoms with Gasteiger partial charge in [0.1, 0.15) is 11.4 Å². The topological polar surface area (TPSA) is 43.9 Å². The molecule has 0 saturated heterocycles. The maximum atomic E-state index is 6.47. The molecule has 4 heteroatoms. The molecule has 0 radical (unpaired) electrons. The van der Waals surface area contributed by atoms with Crippen LogP contribution < -0.4 is 0 Å². The number of aryl methyl sites for hydroxylation is 1. The van der Waals surface area contributed by atoms with Gasteiger partial charge in [-0.1, -0.05) is 82.3 Å². The summed E-state index contributed by atoms with van der Waals surface area (Å²) in [6.45, 7) is 11.3. The Bertz CT molecular complexity index is 2030. The number of fused-ring (bicyclic) bond motifs is 4. The van der Waals surface area contributed by atoms with Crippen LogP contribution in [0.4, 0.5) is 0 Å².